The lowest BCUT2D eigenvalue weighted by Gasteiger charge is -2.24. The number of allylic oxidation sites excluding steroid dienone is 16. The van der Waals surface area contributed by atoms with Crippen LogP contribution in [0.15, 0.2) is 231 Å². The lowest BCUT2D eigenvalue weighted by molar-refractivity contribution is 0.467. The Labute approximate surface area is 445 Å². The smallest absolute Gasteiger partial charge is 0.0396 e. The van der Waals surface area contributed by atoms with Crippen LogP contribution in [0, 0.1) is 11.8 Å². The Kier molecular flexibility index (Phi) is 29.3. The highest BCUT2D eigenvalue weighted by molar-refractivity contribution is 6.19. The molecule has 384 valence electrons. The fraction of sp³-hybridized carbons (Fsp3) is 0.278. The quantitative estimate of drug-likeness (QED) is 0.0563. The Morgan fingerprint density at radius 1 is 0.616 bits per heavy atom. The van der Waals surface area contributed by atoms with Crippen LogP contribution < -0.4 is 0 Å². The Morgan fingerprint density at radius 3 is 1.73 bits per heavy atom. The Balaban J connectivity index is 0.00000140. The van der Waals surface area contributed by atoms with E-state index in [1.54, 1.807) is 0 Å². The Hall–Kier alpha value is -6.96. The largest absolute Gasteiger partial charge is 0.371 e. The van der Waals surface area contributed by atoms with Gasteiger partial charge in [0.25, 0.3) is 0 Å². The van der Waals surface area contributed by atoms with Crippen LogP contribution in [0.3, 0.4) is 0 Å². The van der Waals surface area contributed by atoms with Crippen molar-refractivity contribution in [1.29, 1.82) is 0 Å². The Morgan fingerprint density at radius 2 is 1.16 bits per heavy atom. The third-order valence-corrected chi connectivity index (χ3v) is 12.7. The first-order chi connectivity index (χ1) is 35.6. The molecule has 0 aliphatic carbocycles. The van der Waals surface area contributed by atoms with Crippen molar-refractivity contribution in [3.63, 3.8) is 0 Å². The molecule has 0 aromatic heterocycles. The van der Waals surface area contributed by atoms with Gasteiger partial charge in [-0.25, -0.2) is 0 Å². The van der Waals surface area contributed by atoms with Gasteiger partial charge < -0.3 is 4.90 Å². The number of fused-ring (bicyclic) bond motifs is 3. The van der Waals surface area contributed by atoms with E-state index in [1.807, 2.05) is 47.6 Å². The van der Waals surface area contributed by atoms with Crippen LogP contribution in [-0.2, 0) is 0 Å². The lowest BCUT2D eigenvalue weighted by Crippen LogP contribution is -2.20. The molecule has 0 fully saturated rings. The number of benzene rings is 6. The van der Waals surface area contributed by atoms with Gasteiger partial charge >= 0.3 is 0 Å². The van der Waals surface area contributed by atoms with Gasteiger partial charge in [-0.15, -0.1) is 13.2 Å². The minimum atomic E-state index is 0.151. The fourth-order valence-electron chi connectivity index (χ4n) is 8.22. The van der Waals surface area contributed by atoms with Crippen molar-refractivity contribution in [2.24, 2.45) is 11.8 Å². The van der Waals surface area contributed by atoms with Crippen molar-refractivity contribution in [3.8, 4) is 22.3 Å². The number of likely N-dealkylation sites (N-methyl/N-ethyl adjacent to an activating group) is 1. The highest BCUT2D eigenvalue weighted by Crippen LogP contribution is 2.44. The van der Waals surface area contributed by atoms with Gasteiger partial charge in [-0.3, -0.25) is 0 Å². The molecular formula is C72H91N. The van der Waals surface area contributed by atoms with Crippen molar-refractivity contribution in [3.05, 3.63) is 242 Å². The predicted molar refractivity (Wildman–Crippen MR) is 336 cm³/mol. The van der Waals surface area contributed by atoms with Crippen molar-refractivity contribution in [2.75, 3.05) is 13.6 Å². The summed E-state index contributed by atoms with van der Waals surface area (Å²) in [6.07, 6.45) is 32.4. The predicted octanol–water partition coefficient (Wildman–Crippen LogP) is 22.4. The summed E-state index contributed by atoms with van der Waals surface area (Å²) in [6, 6.07) is 40.1. The van der Waals surface area contributed by atoms with E-state index in [4.69, 9.17) is 0 Å². The summed E-state index contributed by atoms with van der Waals surface area (Å²) < 4.78 is 0. The third kappa shape index (κ3) is 17.4. The van der Waals surface area contributed by atoms with Gasteiger partial charge in [-0.1, -0.05) is 272 Å². The SMILES string of the molecule is C=C.C=C/C(=C\C=C(/C)C1=CC=CCN1C)c1c2cc(-c3ccc4ccccc4c3)ccc2c(C(/C=C\C(C)C(=C)/C=C\C=C/C(C)CC)=C/C)c2cc(-c3ccccc3)ccc12.CC.CC.CC.CCCC. The molecule has 6 aromatic rings. The van der Waals surface area contributed by atoms with Crippen LogP contribution in [0.2, 0.25) is 0 Å². The van der Waals surface area contributed by atoms with Gasteiger partial charge in [0.05, 0.1) is 0 Å². The molecule has 0 N–H and O–H groups in total. The van der Waals surface area contributed by atoms with Crippen LogP contribution in [0.4, 0.5) is 0 Å². The summed E-state index contributed by atoms with van der Waals surface area (Å²) in [7, 11) is 2.15. The molecule has 1 heteroatoms. The number of hydrogen-bond donors (Lipinski definition) is 0. The number of rotatable bonds is 15. The summed E-state index contributed by atoms with van der Waals surface area (Å²) in [4.78, 5) is 2.29. The van der Waals surface area contributed by atoms with E-state index in [9.17, 15) is 0 Å². The summed E-state index contributed by atoms with van der Waals surface area (Å²) in [6.45, 7) is 43.2. The first-order valence-corrected chi connectivity index (χ1v) is 27.2. The summed E-state index contributed by atoms with van der Waals surface area (Å²) >= 11 is 0. The van der Waals surface area contributed by atoms with Crippen LogP contribution >= 0.6 is 0 Å². The molecule has 0 bridgehead atoms. The number of nitrogens with zero attached hydrogens (tertiary/aromatic N) is 1. The van der Waals surface area contributed by atoms with Crippen molar-refractivity contribution >= 4 is 43.5 Å². The minimum Gasteiger partial charge on any atom is -0.371 e. The lowest BCUT2D eigenvalue weighted by atomic mass is 9.83. The first-order valence-electron chi connectivity index (χ1n) is 27.2. The molecule has 1 heterocycles. The molecule has 0 radical (unpaired) electrons. The molecule has 0 saturated heterocycles. The maximum Gasteiger partial charge on any atom is 0.0396 e. The first kappa shape index (κ1) is 62.2. The second-order valence-electron chi connectivity index (χ2n) is 17.3. The fourth-order valence-corrected chi connectivity index (χ4v) is 8.22. The molecule has 2 unspecified atom stereocenters. The molecule has 1 aliphatic rings. The average molecular weight is 971 g/mol. The van der Waals surface area contributed by atoms with E-state index in [-0.39, 0.29) is 5.92 Å². The van der Waals surface area contributed by atoms with E-state index in [2.05, 4.69) is 269 Å². The van der Waals surface area contributed by atoms with Gasteiger partial charge in [0, 0.05) is 19.3 Å². The van der Waals surface area contributed by atoms with Crippen molar-refractivity contribution in [2.45, 2.75) is 109 Å². The summed E-state index contributed by atoms with van der Waals surface area (Å²) in [5, 5.41) is 7.25. The van der Waals surface area contributed by atoms with Crippen molar-refractivity contribution in [1.82, 2.24) is 4.90 Å². The van der Waals surface area contributed by atoms with Crippen LogP contribution in [0.5, 0.6) is 0 Å². The van der Waals surface area contributed by atoms with Gasteiger partial charge in [-0.05, 0) is 138 Å². The molecule has 73 heavy (non-hydrogen) atoms. The van der Waals surface area contributed by atoms with Gasteiger partial charge in [-0.2, -0.15) is 0 Å². The molecular weight excluding hydrogens is 879 g/mol. The monoisotopic (exact) mass is 970 g/mol. The van der Waals surface area contributed by atoms with E-state index in [0.29, 0.717) is 5.92 Å². The van der Waals surface area contributed by atoms with Gasteiger partial charge in [0.2, 0.25) is 0 Å². The third-order valence-electron chi connectivity index (χ3n) is 12.7. The highest BCUT2D eigenvalue weighted by atomic mass is 15.1. The topological polar surface area (TPSA) is 3.24 Å². The second-order valence-corrected chi connectivity index (χ2v) is 17.3. The molecule has 1 aliphatic heterocycles. The molecule has 6 aromatic carbocycles. The molecule has 2 atom stereocenters. The van der Waals surface area contributed by atoms with E-state index >= 15 is 0 Å². The molecule has 1 nitrogen and oxygen atoms in total. The zero-order chi connectivity index (χ0) is 54.3. The minimum absolute atomic E-state index is 0.151. The van der Waals surface area contributed by atoms with Crippen LogP contribution in [0.1, 0.15) is 120 Å². The number of hydrogen-bond acceptors (Lipinski definition) is 1. The highest BCUT2D eigenvalue weighted by Gasteiger charge is 2.20. The summed E-state index contributed by atoms with van der Waals surface area (Å²) in [5.74, 6) is 0.714. The van der Waals surface area contributed by atoms with Gasteiger partial charge in [0.1, 0.15) is 0 Å². The standard InChI is InChI=1S/C60H59N.C4H10.3C2H6.C2H4/c1-9-42(4)21-15-16-22-43(5)44(6)28-30-46(10-2)59-55-37-35-53(51-33-32-49-25-17-18-26-50(49)39-51)41-57(55)60(47(11-3)31-29-45(7)58-27-19-20-38-61(58)8)54-36-34-52(40-56(54)59)48-23-13-12-14-24-48;1-3-4-2;4*1-2/h10-37,39-42,44H,3,5,9,38H2,1-2,4,6-8H3;3-4H2,1-2H3;3*1-2H3;1-2H2/b21-15-,22-16-,30-28-,45-29+,46-10+,47-31+;;;;;. The number of unbranched alkanes of at least 4 members (excludes halogenated alkanes) is 1. The van der Waals surface area contributed by atoms with E-state index in [1.165, 1.54) is 95.4 Å². The van der Waals surface area contributed by atoms with Crippen LogP contribution in [0.25, 0.3) is 65.7 Å². The van der Waals surface area contributed by atoms with E-state index in [0.717, 1.165) is 24.1 Å². The maximum absolute atomic E-state index is 4.45. The zero-order valence-electron chi connectivity index (χ0n) is 47.7. The average Bonchev–Trinajstić information content (AvgIpc) is 3.46. The second kappa shape index (κ2) is 34.4. The molecule has 0 spiro atoms. The van der Waals surface area contributed by atoms with Crippen LogP contribution in [-0.4, -0.2) is 18.5 Å². The maximum atomic E-state index is 4.45. The Bertz CT molecular complexity index is 2900. The van der Waals surface area contributed by atoms with Crippen molar-refractivity contribution < 1.29 is 0 Å². The molecule has 7 rings (SSSR count). The molecule has 0 amide bonds. The normalized spacial score (nSPS) is 13.4. The van der Waals surface area contributed by atoms with Gasteiger partial charge in [0.15, 0.2) is 0 Å². The molecule has 0 saturated carbocycles. The summed E-state index contributed by atoms with van der Waals surface area (Å²) in [5.41, 5.74) is 12.9. The zero-order valence-corrected chi connectivity index (χ0v) is 47.7. The van der Waals surface area contributed by atoms with E-state index < -0.39 is 0 Å².